The summed E-state index contributed by atoms with van der Waals surface area (Å²) in [5.41, 5.74) is 2.82. The average molecular weight is 522 g/mol. The summed E-state index contributed by atoms with van der Waals surface area (Å²) >= 11 is 0. The van der Waals surface area contributed by atoms with Gasteiger partial charge in [-0.3, -0.25) is 0 Å². The average Bonchev–Trinajstić information content (AvgIpc) is 3.36. The van der Waals surface area contributed by atoms with Gasteiger partial charge in [-0.05, 0) is 10.6 Å². The van der Waals surface area contributed by atoms with E-state index in [1.807, 2.05) is 0 Å². The van der Waals surface area contributed by atoms with E-state index >= 15 is 0 Å². The Kier molecular flexibility index (Phi) is 8.89. The minimum absolute atomic E-state index is 0. The standard InChI is InChI=1S/2C16H14P.Ti/c2*1-12-11-13-7-5-6-10-15(13)16(12)17-14-8-3-2-4-9-14;/h2*2-11,17H,1H3;/q2*-1;+2. The van der Waals surface area contributed by atoms with Crippen molar-refractivity contribution in [3.63, 3.8) is 0 Å². The molecule has 0 spiro atoms. The molecule has 2 atom stereocenters. The first kappa shape index (κ1) is 25.8. The topological polar surface area (TPSA) is 0 Å². The molecule has 0 heterocycles. The first-order chi connectivity index (χ1) is 16.7. The van der Waals surface area contributed by atoms with E-state index in [2.05, 4.69) is 135 Å². The van der Waals surface area contributed by atoms with Gasteiger partial charge in [0.15, 0.2) is 0 Å². The van der Waals surface area contributed by atoms with E-state index < -0.39 is 0 Å². The summed E-state index contributed by atoms with van der Waals surface area (Å²) in [4.78, 5) is 0. The maximum atomic E-state index is 2.29. The van der Waals surface area contributed by atoms with Crippen LogP contribution in [0, 0.1) is 13.8 Å². The predicted molar refractivity (Wildman–Crippen MR) is 157 cm³/mol. The number of rotatable bonds is 4. The van der Waals surface area contributed by atoms with E-state index in [9.17, 15) is 0 Å². The molecule has 0 amide bonds. The van der Waals surface area contributed by atoms with Crippen LogP contribution in [-0.2, 0) is 21.7 Å². The van der Waals surface area contributed by atoms with Crippen LogP contribution in [0.2, 0.25) is 0 Å². The Labute approximate surface area is 227 Å². The molecule has 0 aliphatic carbocycles. The van der Waals surface area contributed by atoms with E-state index in [4.69, 9.17) is 0 Å². The Morgan fingerprint density at radius 1 is 0.457 bits per heavy atom. The molecule has 2 unspecified atom stereocenters. The minimum atomic E-state index is 0. The monoisotopic (exact) mass is 522 g/mol. The normalized spacial score (nSPS) is 11.3. The van der Waals surface area contributed by atoms with Gasteiger partial charge < -0.3 is 0 Å². The third-order valence-corrected chi connectivity index (χ3v) is 9.15. The Bertz CT molecular complexity index is 1390. The maximum Gasteiger partial charge on any atom is 2.00 e. The van der Waals surface area contributed by atoms with Crippen LogP contribution in [0.15, 0.2) is 121 Å². The second-order valence-electron chi connectivity index (χ2n) is 8.56. The summed E-state index contributed by atoms with van der Waals surface area (Å²) in [6, 6.07) is 43.3. The molecular formula is C32H28P2Ti. The summed E-state index contributed by atoms with van der Waals surface area (Å²) < 4.78 is 0. The van der Waals surface area contributed by atoms with Crippen molar-refractivity contribution in [2.24, 2.45) is 0 Å². The third kappa shape index (κ3) is 6.09. The molecule has 0 aliphatic heterocycles. The van der Waals surface area contributed by atoms with Gasteiger partial charge >= 0.3 is 21.7 Å². The third-order valence-electron chi connectivity index (χ3n) is 6.08. The fourth-order valence-corrected chi connectivity index (χ4v) is 6.96. The molecule has 170 valence electrons. The Morgan fingerprint density at radius 3 is 1.20 bits per heavy atom. The molecule has 6 rings (SSSR count). The molecule has 3 heteroatoms. The molecule has 0 bridgehead atoms. The second-order valence-corrected chi connectivity index (χ2v) is 11.2. The molecule has 0 saturated heterocycles. The van der Waals surface area contributed by atoms with Crippen molar-refractivity contribution in [2.45, 2.75) is 13.8 Å². The van der Waals surface area contributed by atoms with Crippen LogP contribution in [-0.4, -0.2) is 0 Å². The molecule has 0 saturated carbocycles. The molecular weight excluding hydrogens is 494 g/mol. The number of aryl methyl sites for hydroxylation is 2. The van der Waals surface area contributed by atoms with Crippen LogP contribution in [0.4, 0.5) is 0 Å². The molecule has 0 N–H and O–H groups in total. The van der Waals surface area contributed by atoms with E-state index in [0.717, 1.165) is 17.2 Å². The number of hydrogen-bond donors (Lipinski definition) is 0. The van der Waals surface area contributed by atoms with Gasteiger partial charge in [-0.25, -0.2) is 0 Å². The quantitative estimate of drug-likeness (QED) is 0.133. The first-order valence-electron chi connectivity index (χ1n) is 11.6. The van der Waals surface area contributed by atoms with E-state index in [0.29, 0.717) is 0 Å². The molecule has 35 heavy (non-hydrogen) atoms. The van der Waals surface area contributed by atoms with Gasteiger partial charge in [0.1, 0.15) is 0 Å². The van der Waals surface area contributed by atoms with Crippen molar-refractivity contribution in [3.05, 3.63) is 132 Å². The molecule has 0 aliphatic rings. The zero-order chi connectivity index (χ0) is 23.3. The van der Waals surface area contributed by atoms with Gasteiger partial charge in [0.25, 0.3) is 0 Å². The van der Waals surface area contributed by atoms with E-state index in [1.54, 1.807) is 0 Å². The van der Waals surface area contributed by atoms with Gasteiger partial charge in [-0.2, -0.15) is 0 Å². The largest absolute Gasteiger partial charge is 2.00 e. The fourth-order valence-electron chi connectivity index (χ4n) is 4.40. The van der Waals surface area contributed by atoms with Crippen LogP contribution in [0.3, 0.4) is 0 Å². The Morgan fingerprint density at radius 2 is 0.800 bits per heavy atom. The molecule has 6 aromatic carbocycles. The van der Waals surface area contributed by atoms with Crippen molar-refractivity contribution in [1.82, 2.24) is 0 Å². The van der Waals surface area contributed by atoms with Crippen LogP contribution < -0.4 is 21.2 Å². The summed E-state index contributed by atoms with van der Waals surface area (Å²) in [6.07, 6.45) is 0. The van der Waals surface area contributed by atoms with Gasteiger partial charge in [0.05, 0.1) is 0 Å². The molecule has 0 radical (unpaired) electrons. The summed E-state index contributed by atoms with van der Waals surface area (Å²) in [5.74, 6) is 0. The van der Waals surface area contributed by atoms with Gasteiger partial charge in [-0.15, -0.1) is 109 Å². The van der Waals surface area contributed by atoms with Crippen LogP contribution in [0.1, 0.15) is 11.1 Å². The predicted octanol–water partition coefficient (Wildman–Crippen LogP) is 6.99. The Hall–Kier alpha value is -2.33. The summed E-state index contributed by atoms with van der Waals surface area (Å²) in [6.45, 7) is 4.43. The fraction of sp³-hybridized carbons (Fsp3) is 0.0625. The number of fused-ring (bicyclic) bond motifs is 2. The van der Waals surface area contributed by atoms with Crippen molar-refractivity contribution < 1.29 is 21.7 Å². The van der Waals surface area contributed by atoms with Crippen LogP contribution >= 0.6 is 17.2 Å². The molecule has 0 fully saturated rings. The van der Waals surface area contributed by atoms with Gasteiger partial charge in [0.2, 0.25) is 0 Å². The van der Waals surface area contributed by atoms with Gasteiger partial charge in [0, 0.05) is 0 Å². The number of benzene rings is 4. The van der Waals surface area contributed by atoms with E-state index in [1.165, 1.54) is 53.9 Å². The molecule has 0 nitrogen and oxygen atoms in total. The van der Waals surface area contributed by atoms with Crippen LogP contribution in [0.5, 0.6) is 0 Å². The minimum Gasteiger partial charge on any atom is -0.149 e. The van der Waals surface area contributed by atoms with Crippen molar-refractivity contribution in [2.75, 3.05) is 0 Å². The first-order valence-corrected chi connectivity index (χ1v) is 13.6. The zero-order valence-corrected chi connectivity index (χ0v) is 23.6. The van der Waals surface area contributed by atoms with Crippen LogP contribution in [0.25, 0.3) is 21.5 Å². The smallest absolute Gasteiger partial charge is 0.149 e. The van der Waals surface area contributed by atoms with E-state index in [-0.39, 0.29) is 21.7 Å². The van der Waals surface area contributed by atoms with Crippen molar-refractivity contribution in [3.8, 4) is 0 Å². The zero-order valence-electron chi connectivity index (χ0n) is 20.0. The Balaban J connectivity index is 0.000000160. The second kappa shape index (κ2) is 12.1. The number of hydrogen-bond acceptors (Lipinski definition) is 0. The molecule has 0 aromatic heterocycles. The van der Waals surface area contributed by atoms with Gasteiger partial charge in [-0.1, -0.05) is 86.6 Å². The van der Waals surface area contributed by atoms with Crippen molar-refractivity contribution in [1.29, 1.82) is 0 Å². The molecule has 6 aromatic rings. The summed E-state index contributed by atoms with van der Waals surface area (Å²) in [7, 11) is 1.51. The SMILES string of the molecule is Cc1[cH-]c2ccccc2c1Pc1ccccc1.Cc1[cH-]c2ccccc2c1Pc1ccccc1.[Ti+2]. The summed E-state index contributed by atoms with van der Waals surface area (Å²) in [5, 5.41) is 11.4. The van der Waals surface area contributed by atoms with Crippen molar-refractivity contribution >= 4 is 59.9 Å². The maximum absolute atomic E-state index is 2.29.